The summed E-state index contributed by atoms with van der Waals surface area (Å²) in [6.07, 6.45) is 1.61. The highest BCUT2D eigenvalue weighted by Crippen LogP contribution is 2.24. The molecule has 6 heteroatoms. The van der Waals surface area contributed by atoms with Gasteiger partial charge in [0.25, 0.3) is 11.8 Å². The van der Waals surface area contributed by atoms with Crippen molar-refractivity contribution in [1.82, 2.24) is 4.98 Å². The zero-order valence-corrected chi connectivity index (χ0v) is 15.0. The highest BCUT2D eigenvalue weighted by Gasteiger charge is 2.18. The van der Waals surface area contributed by atoms with Crippen LogP contribution in [0.2, 0.25) is 0 Å². The lowest BCUT2D eigenvalue weighted by Crippen LogP contribution is -2.20. The Morgan fingerprint density at radius 1 is 0.778 bits per heavy atom. The largest absolute Gasteiger partial charge is 0.321 e. The normalized spacial score (nSPS) is 10.5. The van der Waals surface area contributed by atoms with Gasteiger partial charge in [-0.05, 0) is 23.6 Å². The van der Waals surface area contributed by atoms with E-state index in [1.165, 1.54) is 11.3 Å². The molecular weight excluding hydrogens is 358 g/mol. The van der Waals surface area contributed by atoms with Crippen LogP contribution in [0.4, 0.5) is 10.8 Å². The molecule has 4 aromatic rings. The molecule has 0 bridgehead atoms. The average molecular weight is 373 g/mol. The first-order valence-electron chi connectivity index (χ1n) is 8.31. The van der Waals surface area contributed by atoms with Gasteiger partial charge in [0.2, 0.25) is 0 Å². The zero-order valence-electron chi connectivity index (χ0n) is 14.2. The maximum absolute atomic E-state index is 12.9. The first-order chi connectivity index (χ1) is 13.2. The second-order valence-electron chi connectivity index (χ2n) is 5.82. The van der Waals surface area contributed by atoms with Gasteiger partial charge in [-0.3, -0.25) is 14.9 Å². The van der Waals surface area contributed by atoms with Gasteiger partial charge < -0.3 is 5.32 Å². The molecule has 2 amide bonds. The van der Waals surface area contributed by atoms with Crippen molar-refractivity contribution in [3.63, 3.8) is 0 Å². The Morgan fingerprint density at radius 2 is 1.44 bits per heavy atom. The number of thiazole rings is 1. The number of carbonyl (C=O) groups is 2. The van der Waals surface area contributed by atoms with Crippen molar-refractivity contribution >= 4 is 44.7 Å². The van der Waals surface area contributed by atoms with Crippen molar-refractivity contribution < 1.29 is 9.59 Å². The molecule has 1 heterocycles. The summed E-state index contributed by atoms with van der Waals surface area (Å²) in [4.78, 5) is 29.5. The summed E-state index contributed by atoms with van der Waals surface area (Å²) < 4.78 is 0. The van der Waals surface area contributed by atoms with Crippen LogP contribution in [0.1, 0.15) is 20.7 Å². The number of rotatable bonds is 4. The first-order valence-corrected chi connectivity index (χ1v) is 9.19. The number of nitrogens with one attached hydrogen (secondary N) is 2. The number of amides is 2. The van der Waals surface area contributed by atoms with E-state index >= 15 is 0 Å². The molecule has 0 aliphatic carbocycles. The Balaban J connectivity index is 1.63. The number of anilines is 2. The average Bonchev–Trinajstić information content (AvgIpc) is 3.21. The van der Waals surface area contributed by atoms with E-state index in [2.05, 4.69) is 15.6 Å². The van der Waals surface area contributed by atoms with Crippen LogP contribution in [-0.2, 0) is 0 Å². The Kier molecular flexibility index (Phi) is 4.63. The second-order valence-corrected chi connectivity index (χ2v) is 6.71. The van der Waals surface area contributed by atoms with Crippen LogP contribution >= 0.6 is 11.3 Å². The molecule has 1 aromatic heterocycles. The zero-order chi connectivity index (χ0) is 18.6. The smallest absolute Gasteiger partial charge is 0.258 e. The minimum atomic E-state index is -0.367. The summed E-state index contributed by atoms with van der Waals surface area (Å²) in [7, 11) is 0. The molecule has 0 unspecified atom stereocenters. The van der Waals surface area contributed by atoms with E-state index in [-0.39, 0.29) is 11.8 Å². The fraction of sp³-hybridized carbons (Fsp3) is 0. The number of fused-ring (bicyclic) bond motifs is 1. The Hall–Kier alpha value is -3.51. The van der Waals surface area contributed by atoms with Gasteiger partial charge in [-0.15, -0.1) is 11.3 Å². The van der Waals surface area contributed by atoms with Crippen LogP contribution in [0, 0.1) is 0 Å². The molecule has 0 aliphatic rings. The summed E-state index contributed by atoms with van der Waals surface area (Å²) in [5.41, 5.74) is 1.30. The molecular formula is C21H15N3O2S. The van der Waals surface area contributed by atoms with Crippen molar-refractivity contribution in [2.24, 2.45) is 0 Å². The van der Waals surface area contributed by atoms with Gasteiger partial charge in [-0.2, -0.15) is 0 Å². The molecule has 27 heavy (non-hydrogen) atoms. The lowest BCUT2D eigenvalue weighted by atomic mass is 10.0. The molecule has 0 atom stereocenters. The Morgan fingerprint density at radius 3 is 2.19 bits per heavy atom. The van der Waals surface area contributed by atoms with Crippen molar-refractivity contribution in [3.05, 3.63) is 89.4 Å². The molecule has 0 radical (unpaired) electrons. The van der Waals surface area contributed by atoms with Crippen LogP contribution < -0.4 is 10.6 Å². The van der Waals surface area contributed by atoms with Gasteiger partial charge >= 0.3 is 0 Å². The minimum Gasteiger partial charge on any atom is -0.321 e. The molecule has 0 aliphatic heterocycles. The molecule has 2 N–H and O–H groups in total. The van der Waals surface area contributed by atoms with Crippen molar-refractivity contribution in [2.75, 3.05) is 10.6 Å². The van der Waals surface area contributed by atoms with Crippen LogP contribution in [0.3, 0.4) is 0 Å². The van der Waals surface area contributed by atoms with Crippen LogP contribution in [-0.4, -0.2) is 16.8 Å². The third kappa shape index (κ3) is 3.56. The third-order valence-electron chi connectivity index (χ3n) is 4.11. The van der Waals surface area contributed by atoms with Gasteiger partial charge in [0, 0.05) is 22.7 Å². The van der Waals surface area contributed by atoms with E-state index in [1.807, 2.05) is 42.5 Å². The monoisotopic (exact) mass is 373 g/mol. The quantitative estimate of drug-likeness (QED) is 0.540. The molecule has 5 nitrogen and oxygen atoms in total. The number of benzene rings is 3. The predicted octanol–water partition coefficient (Wildman–Crippen LogP) is 4.80. The van der Waals surface area contributed by atoms with Gasteiger partial charge in [-0.1, -0.05) is 48.5 Å². The summed E-state index contributed by atoms with van der Waals surface area (Å²) in [5, 5.41) is 9.88. The van der Waals surface area contributed by atoms with Crippen molar-refractivity contribution in [3.8, 4) is 0 Å². The van der Waals surface area contributed by atoms with E-state index in [0.717, 1.165) is 10.8 Å². The van der Waals surface area contributed by atoms with Crippen LogP contribution in [0.5, 0.6) is 0 Å². The van der Waals surface area contributed by atoms with Crippen molar-refractivity contribution in [2.45, 2.75) is 0 Å². The number of nitrogens with zero attached hydrogens (tertiary/aromatic N) is 1. The molecule has 3 aromatic carbocycles. The molecule has 132 valence electrons. The molecule has 0 saturated carbocycles. The number of hydrogen-bond donors (Lipinski definition) is 2. The van der Waals surface area contributed by atoms with Crippen LogP contribution in [0.25, 0.3) is 10.8 Å². The van der Waals surface area contributed by atoms with E-state index in [0.29, 0.717) is 21.9 Å². The summed E-state index contributed by atoms with van der Waals surface area (Å²) >= 11 is 1.32. The lowest BCUT2D eigenvalue weighted by Gasteiger charge is -2.11. The van der Waals surface area contributed by atoms with Gasteiger partial charge in [0.05, 0.1) is 11.1 Å². The summed E-state index contributed by atoms with van der Waals surface area (Å²) in [5.74, 6) is -0.704. The fourth-order valence-electron chi connectivity index (χ4n) is 2.85. The summed E-state index contributed by atoms with van der Waals surface area (Å²) in [6.45, 7) is 0. The molecule has 4 rings (SSSR count). The first kappa shape index (κ1) is 16.9. The third-order valence-corrected chi connectivity index (χ3v) is 4.80. The number of aromatic nitrogens is 1. The maximum atomic E-state index is 12.9. The highest BCUT2D eigenvalue weighted by molar-refractivity contribution is 7.13. The second kappa shape index (κ2) is 7.39. The topological polar surface area (TPSA) is 71.1 Å². The molecule has 0 fully saturated rings. The SMILES string of the molecule is O=C(Nc1nccs1)c1ccccc1C(=O)Nc1cccc2ccccc12. The van der Waals surface area contributed by atoms with Crippen LogP contribution in [0.15, 0.2) is 78.3 Å². The predicted molar refractivity (Wildman–Crippen MR) is 108 cm³/mol. The minimum absolute atomic E-state index is 0.297. The number of hydrogen-bond acceptors (Lipinski definition) is 4. The number of carbonyl (C=O) groups excluding carboxylic acids is 2. The van der Waals surface area contributed by atoms with E-state index < -0.39 is 0 Å². The molecule has 0 spiro atoms. The standard InChI is InChI=1S/C21H15N3O2S/c25-19(23-18-11-5-7-14-6-1-2-8-15(14)18)16-9-3-4-10-17(16)20(26)24-21-22-12-13-27-21/h1-13H,(H,23,25)(H,22,24,26). The summed E-state index contributed by atoms with van der Waals surface area (Å²) in [6, 6.07) is 20.3. The van der Waals surface area contributed by atoms with Crippen molar-refractivity contribution in [1.29, 1.82) is 0 Å². The van der Waals surface area contributed by atoms with Gasteiger partial charge in [0.1, 0.15) is 0 Å². The molecule has 0 saturated heterocycles. The fourth-order valence-corrected chi connectivity index (χ4v) is 3.38. The van der Waals surface area contributed by atoms with E-state index in [4.69, 9.17) is 0 Å². The van der Waals surface area contributed by atoms with E-state index in [1.54, 1.807) is 35.8 Å². The van der Waals surface area contributed by atoms with Gasteiger partial charge in [0.15, 0.2) is 5.13 Å². The highest BCUT2D eigenvalue weighted by atomic mass is 32.1. The van der Waals surface area contributed by atoms with E-state index in [9.17, 15) is 9.59 Å². The Labute approximate surface area is 159 Å². The Bertz CT molecular complexity index is 1120. The van der Waals surface area contributed by atoms with Gasteiger partial charge in [-0.25, -0.2) is 4.98 Å². The maximum Gasteiger partial charge on any atom is 0.258 e. The lowest BCUT2D eigenvalue weighted by molar-refractivity contribution is 0.0990.